The van der Waals surface area contributed by atoms with Gasteiger partial charge in [-0.05, 0) is 158 Å². The molecule has 0 bridgehead atoms. The first-order valence-electron chi connectivity index (χ1n) is 35.1. The first-order chi connectivity index (χ1) is 50.1. The third-order valence-corrected chi connectivity index (χ3v) is 22.0. The minimum Gasteiger partial charge on any atom is -0.457 e. The van der Waals surface area contributed by atoms with Gasteiger partial charge in [-0.3, -0.25) is 0 Å². The second kappa shape index (κ2) is 23.7. The Kier molecular flexibility index (Phi) is 14.0. The van der Waals surface area contributed by atoms with Gasteiger partial charge in [-0.15, -0.1) is 0 Å². The van der Waals surface area contributed by atoms with Crippen LogP contribution in [0.15, 0.2) is 297 Å². The Labute approximate surface area is 591 Å². The van der Waals surface area contributed by atoms with Crippen LogP contribution in [0.5, 0.6) is 0 Å². The minimum absolute atomic E-state index is 0.142. The Morgan fingerprint density at radius 1 is 0.402 bits per heavy atom. The molecule has 1 saturated carbocycles. The largest absolute Gasteiger partial charge is 0.457 e. The van der Waals surface area contributed by atoms with Gasteiger partial charge in [0.15, 0.2) is 34.9 Å². The van der Waals surface area contributed by atoms with Crippen LogP contribution in [-0.4, -0.2) is 34.5 Å². The molecular weight excluding hydrogens is 1240 g/mol. The first kappa shape index (κ1) is 60.4. The van der Waals surface area contributed by atoms with E-state index in [1.165, 1.54) is 69.0 Å². The summed E-state index contributed by atoms with van der Waals surface area (Å²) < 4.78 is 8.49. The molecule has 0 aliphatic heterocycles. The van der Waals surface area contributed by atoms with Crippen LogP contribution in [0.25, 0.3) is 170 Å². The van der Waals surface area contributed by atoms with E-state index in [9.17, 15) is 0 Å². The van der Waals surface area contributed by atoms with Gasteiger partial charge in [0.05, 0.1) is 11.0 Å². The molecule has 8 nitrogen and oxygen atoms in total. The number of aromatic nitrogens is 7. The van der Waals surface area contributed by atoms with Gasteiger partial charge < -0.3 is 8.98 Å². The van der Waals surface area contributed by atoms with Crippen molar-refractivity contribution in [3.05, 3.63) is 336 Å². The zero-order valence-corrected chi connectivity index (χ0v) is 56.5. The molecule has 3 aliphatic carbocycles. The van der Waals surface area contributed by atoms with E-state index in [4.69, 9.17) is 34.3 Å². The lowest BCUT2D eigenvalue weighted by Crippen LogP contribution is -2.28. The Hall–Kier alpha value is -12.8. The SMILES string of the molecule is C=CC(=C)c1nc(-c2ccccc2)nc(-c2cccc3c2-c2ccc(-c4ccc5c(c4)c4ccccc4n5-c4ccc(-c5cccc(-c6nc(-c7ccccc7)nc(-c7cccc8c7-c7ccc(-c9cccc%10oc(=C)c(=C)c9%10)cc7C87CCCCC7)n6)c5)cc4)cc2C3(C)c2ccccc2)n1. The lowest BCUT2D eigenvalue weighted by molar-refractivity contribution is 0.353. The highest BCUT2D eigenvalue weighted by molar-refractivity contribution is 6.11. The molecule has 1 spiro atoms. The Balaban J connectivity index is 0.674. The van der Waals surface area contributed by atoms with Gasteiger partial charge in [0.1, 0.15) is 11.0 Å². The van der Waals surface area contributed by atoms with Gasteiger partial charge in [0.2, 0.25) is 0 Å². The van der Waals surface area contributed by atoms with Crippen LogP contribution in [0, 0.1) is 0 Å². The Morgan fingerprint density at radius 3 is 1.66 bits per heavy atom. The highest BCUT2D eigenvalue weighted by atomic mass is 16.3. The molecule has 4 aromatic heterocycles. The summed E-state index contributed by atoms with van der Waals surface area (Å²) in [6.45, 7) is 19.2. The van der Waals surface area contributed by atoms with Crippen LogP contribution in [0.3, 0.4) is 0 Å². The van der Waals surface area contributed by atoms with Gasteiger partial charge in [0.25, 0.3) is 0 Å². The van der Waals surface area contributed by atoms with Crippen molar-refractivity contribution in [1.29, 1.82) is 0 Å². The van der Waals surface area contributed by atoms with Crippen molar-refractivity contribution in [3.8, 4) is 118 Å². The Bertz CT molecular complexity index is 6260. The topological polar surface area (TPSA) is 95.4 Å². The van der Waals surface area contributed by atoms with Crippen molar-refractivity contribution >= 4 is 51.5 Å². The maximum Gasteiger partial charge on any atom is 0.164 e. The predicted molar refractivity (Wildman–Crippen MR) is 417 cm³/mol. The summed E-state index contributed by atoms with van der Waals surface area (Å²) in [5.74, 6) is 3.57. The van der Waals surface area contributed by atoms with Crippen molar-refractivity contribution in [3.63, 3.8) is 0 Å². The maximum atomic E-state index is 6.09. The van der Waals surface area contributed by atoms with Crippen molar-refractivity contribution in [1.82, 2.24) is 34.5 Å². The van der Waals surface area contributed by atoms with Crippen LogP contribution < -0.4 is 10.6 Å². The molecule has 484 valence electrons. The molecule has 4 heterocycles. The van der Waals surface area contributed by atoms with Crippen LogP contribution in [0.1, 0.15) is 72.7 Å². The van der Waals surface area contributed by atoms with E-state index in [0.29, 0.717) is 45.9 Å². The van der Waals surface area contributed by atoms with Crippen molar-refractivity contribution in [2.24, 2.45) is 0 Å². The summed E-state index contributed by atoms with van der Waals surface area (Å²) in [6, 6.07) is 98.1. The van der Waals surface area contributed by atoms with E-state index >= 15 is 0 Å². The number of nitrogens with zero attached hydrogens (tertiary/aromatic N) is 7. The second-order valence-electron chi connectivity index (χ2n) is 27.6. The molecular formula is C94H67N7O. The van der Waals surface area contributed by atoms with Crippen LogP contribution >= 0.6 is 0 Å². The van der Waals surface area contributed by atoms with Crippen LogP contribution in [0.2, 0.25) is 0 Å². The molecule has 8 heteroatoms. The molecule has 12 aromatic carbocycles. The van der Waals surface area contributed by atoms with E-state index in [1.54, 1.807) is 6.08 Å². The van der Waals surface area contributed by atoms with E-state index < -0.39 is 5.41 Å². The molecule has 0 saturated heterocycles. The van der Waals surface area contributed by atoms with Gasteiger partial charge >= 0.3 is 0 Å². The van der Waals surface area contributed by atoms with Crippen LogP contribution in [-0.2, 0) is 10.8 Å². The number of para-hydroxylation sites is 1. The fraction of sp³-hybridized carbons (Fsp3) is 0.0851. The molecule has 3 aliphatic rings. The molecule has 0 radical (unpaired) electrons. The van der Waals surface area contributed by atoms with Crippen molar-refractivity contribution in [2.45, 2.75) is 49.9 Å². The lowest BCUT2D eigenvalue weighted by atomic mass is 9.67. The fourth-order valence-corrected chi connectivity index (χ4v) is 17.0. The number of allylic oxidation sites excluding steroid dienone is 2. The minimum atomic E-state index is -0.506. The van der Waals surface area contributed by atoms with E-state index in [0.717, 1.165) is 118 Å². The van der Waals surface area contributed by atoms with Crippen LogP contribution in [0.4, 0.5) is 0 Å². The standard InChI is InChI=1S/C94H67N7O/c1-6-57(2)87-95-88(61-25-11-7-12-26-61)98-91(96-87)74-35-22-37-77-85(74)72-48-43-65(55-79(72)93(77,5)68-31-15-9-16-32-68)64-45-50-82-76(54-64)71-33-17-18-39-81(71)101(82)69-46-41-60(42-47-69)63-29-21-30-67(53-63)90-97-89(62-27-13-8-14-28-62)99-92(100-90)75-36-23-38-78-86(75)73-49-44-66(56-80(73)94(78)51-19-10-20-52-94)70-34-24-40-83-84(70)58(3)59(4)102-83/h6-9,11-18,21-50,53-56H,1-4,10,19-20,51-52H2,5H3. The summed E-state index contributed by atoms with van der Waals surface area (Å²) in [4.78, 5) is 31.3. The zero-order valence-electron chi connectivity index (χ0n) is 56.5. The monoisotopic (exact) mass is 1310 g/mol. The third kappa shape index (κ3) is 9.50. The van der Waals surface area contributed by atoms with E-state index in [2.05, 4.69) is 256 Å². The van der Waals surface area contributed by atoms with Gasteiger partial charge in [-0.25, -0.2) is 29.9 Å². The molecule has 16 aromatic rings. The molecule has 1 unspecified atom stereocenters. The average Bonchev–Trinajstić information content (AvgIpc) is 1.55. The molecule has 0 amide bonds. The number of hydrogen-bond acceptors (Lipinski definition) is 7. The first-order valence-corrected chi connectivity index (χ1v) is 35.1. The average molecular weight is 1310 g/mol. The van der Waals surface area contributed by atoms with E-state index in [-0.39, 0.29) is 5.41 Å². The predicted octanol–water partition coefficient (Wildman–Crippen LogP) is 21.8. The number of rotatable bonds is 12. The van der Waals surface area contributed by atoms with Gasteiger partial charge in [0, 0.05) is 71.3 Å². The summed E-state index contributed by atoms with van der Waals surface area (Å²) in [5, 5.41) is 4.22. The third-order valence-electron chi connectivity index (χ3n) is 22.0. The van der Waals surface area contributed by atoms with Gasteiger partial charge in [-0.1, -0.05) is 270 Å². The highest BCUT2D eigenvalue weighted by Gasteiger charge is 2.46. The number of hydrogen-bond donors (Lipinski definition) is 0. The van der Waals surface area contributed by atoms with Gasteiger partial charge in [-0.2, -0.15) is 0 Å². The highest BCUT2D eigenvalue weighted by Crippen LogP contribution is 2.59. The quantitative estimate of drug-likeness (QED) is 0.112. The number of furan rings is 1. The smallest absolute Gasteiger partial charge is 0.164 e. The molecule has 1 fully saturated rings. The second-order valence-corrected chi connectivity index (χ2v) is 27.6. The molecule has 1 atom stereocenters. The van der Waals surface area contributed by atoms with Crippen molar-refractivity contribution in [2.75, 3.05) is 0 Å². The fourth-order valence-electron chi connectivity index (χ4n) is 17.0. The molecule has 0 N–H and O–H groups in total. The normalized spacial score (nSPS) is 14.8. The van der Waals surface area contributed by atoms with Crippen molar-refractivity contribution < 1.29 is 4.42 Å². The molecule has 102 heavy (non-hydrogen) atoms. The summed E-state index contributed by atoms with van der Waals surface area (Å²) >= 11 is 0. The number of fused-ring (bicyclic) bond motifs is 12. The van der Waals surface area contributed by atoms with E-state index in [1.807, 2.05) is 54.6 Å². The zero-order chi connectivity index (χ0) is 68.4. The molecule has 19 rings (SSSR count). The summed E-state index contributed by atoms with van der Waals surface area (Å²) in [7, 11) is 0. The summed E-state index contributed by atoms with van der Waals surface area (Å²) in [5.41, 5.74) is 27.1. The number of benzene rings is 12. The summed E-state index contributed by atoms with van der Waals surface area (Å²) in [6.07, 6.45) is 7.42. The maximum absolute atomic E-state index is 6.09. The Morgan fingerprint density at radius 2 is 0.922 bits per heavy atom. The lowest BCUT2D eigenvalue weighted by Gasteiger charge is -2.36.